The second-order valence-electron chi connectivity index (χ2n) is 5.01. The van der Waals surface area contributed by atoms with Crippen molar-refractivity contribution in [1.29, 1.82) is 0 Å². The average Bonchev–Trinajstić information content (AvgIpc) is 2.89. The van der Waals surface area contributed by atoms with E-state index in [4.69, 9.17) is 0 Å². The van der Waals surface area contributed by atoms with Gasteiger partial charge in [0, 0.05) is 37.2 Å². The maximum Gasteiger partial charge on any atom is 0.332 e. The van der Waals surface area contributed by atoms with Crippen molar-refractivity contribution >= 4 is 33.7 Å². The molecule has 1 saturated heterocycles. The van der Waals surface area contributed by atoms with Crippen molar-refractivity contribution in [3.8, 4) is 0 Å². The average molecular weight is 328 g/mol. The molecule has 0 aliphatic carbocycles. The zero-order valence-corrected chi connectivity index (χ0v) is 13.4. The zero-order chi connectivity index (χ0) is 15.1. The van der Waals surface area contributed by atoms with Crippen LogP contribution >= 0.6 is 11.8 Å². The minimum Gasteiger partial charge on any atom is -0.323 e. The van der Waals surface area contributed by atoms with E-state index in [0.717, 1.165) is 16.7 Å². The molecule has 1 aliphatic heterocycles. The Morgan fingerprint density at radius 1 is 1.38 bits per heavy atom. The van der Waals surface area contributed by atoms with E-state index in [9.17, 15) is 13.8 Å². The minimum atomic E-state index is -0.890. The first-order chi connectivity index (χ1) is 10.0. The number of thioether (sulfide) groups is 1. The number of hydrogen-bond donors (Lipinski definition) is 0. The number of nitrogens with zero attached hydrogens (tertiary/aromatic N) is 4. The molecule has 2 aromatic rings. The van der Waals surface area contributed by atoms with Crippen LogP contribution in [0.4, 0.5) is 0 Å². The van der Waals surface area contributed by atoms with Gasteiger partial charge >= 0.3 is 5.69 Å². The van der Waals surface area contributed by atoms with Gasteiger partial charge in [-0.3, -0.25) is 18.1 Å². The summed E-state index contributed by atoms with van der Waals surface area (Å²) < 4.78 is 16.2. The lowest BCUT2D eigenvalue weighted by atomic mass is 10.5. The number of hydrogen-bond acceptors (Lipinski definition) is 5. The third-order valence-electron chi connectivity index (χ3n) is 3.65. The molecule has 1 fully saturated rings. The quantitative estimate of drug-likeness (QED) is 0.753. The van der Waals surface area contributed by atoms with Crippen molar-refractivity contribution in [3.05, 3.63) is 27.2 Å². The van der Waals surface area contributed by atoms with Crippen LogP contribution in [0.2, 0.25) is 0 Å². The van der Waals surface area contributed by atoms with Crippen molar-refractivity contribution in [2.24, 2.45) is 14.1 Å². The Morgan fingerprint density at radius 3 is 2.86 bits per heavy atom. The molecule has 0 radical (unpaired) electrons. The van der Waals surface area contributed by atoms with E-state index in [2.05, 4.69) is 4.98 Å². The highest BCUT2D eigenvalue weighted by molar-refractivity contribution is 8.11. The van der Waals surface area contributed by atoms with Crippen LogP contribution in [-0.2, 0) is 31.4 Å². The molecule has 114 valence electrons. The molecule has 1 unspecified atom stereocenters. The largest absolute Gasteiger partial charge is 0.332 e. The summed E-state index contributed by atoms with van der Waals surface area (Å²) in [6.45, 7) is 0.473. The molecule has 0 amide bonds. The summed E-state index contributed by atoms with van der Waals surface area (Å²) in [6, 6.07) is 0. The summed E-state index contributed by atoms with van der Waals surface area (Å²) in [6.07, 6.45) is 2.52. The normalized spacial score (nSPS) is 22.8. The molecular formula is C12H16N4O3S2. The molecule has 0 aromatic carbocycles. The topological polar surface area (TPSA) is 78.9 Å². The van der Waals surface area contributed by atoms with Crippen molar-refractivity contribution in [3.63, 3.8) is 0 Å². The van der Waals surface area contributed by atoms with Gasteiger partial charge in [-0.1, -0.05) is 0 Å². The highest BCUT2D eigenvalue weighted by atomic mass is 32.2. The van der Waals surface area contributed by atoms with Gasteiger partial charge in [0.2, 0.25) is 0 Å². The SMILES string of the molecule is Cn1c(=O)c2c(ncn2C[C@H]2SCCCS2=O)n(C)c1=O. The lowest BCUT2D eigenvalue weighted by molar-refractivity contribution is 0.664. The molecule has 2 atom stereocenters. The second kappa shape index (κ2) is 5.45. The Balaban J connectivity index is 2.10. The zero-order valence-electron chi connectivity index (χ0n) is 11.8. The molecule has 3 heterocycles. The standard InChI is InChI=1S/C12H16N4O3S2/c1-14-10-9(11(17)15(2)12(14)18)16(7-13-10)6-8-20-4-3-5-21(8)19/h7-8H,3-6H2,1-2H3/t8-,21?/m0/s1. The van der Waals surface area contributed by atoms with Gasteiger partial charge in [0.25, 0.3) is 5.56 Å². The van der Waals surface area contributed by atoms with Gasteiger partial charge in [0.05, 0.1) is 10.9 Å². The first-order valence-corrected chi connectivity index (χ1v) is 9.03. The first kappa shape index (κ1) is 14.6. The van der Waals surface area contributed by atoms with Gasteiger partial charge in [0.15, 0.2) is 11.2 Å². The Labute approximate surface area is 127 Å². The minimum absolute atomic E-state index is 0.0295. The van der Waals surface area contributed by atoms with Crippen LogP contribution in [0.1, 0.15) is 6.42 Å². The summed E-state index contributed by atoms with van der Waals surface area (Å²) >= 11 is 1.67. The first-order valence-electron chi connectivity index (χ1n) is 6.60. The Morgan fingerprint density at radius 2 is 2.14 bits per heavy atom. The highest BCUT2D eigenvalue weighted by Gasteiger charge is 2.24. The maximum atomic E-state index is 12.3. The summed E-state index contributed by atoms with van der Waals surface area (Å²) in [7, 11) is 2.16. The summed E-state index contributed by atoms with van der Waals surface area (Å²) in [5, 5.41) is 0. The predicted molar refractivity (Wildman–Crippen MR) is 84.1 cm³/mol. The van der Waals surface area contributed by atoms with E-state index in [1.807, 2.05) is 0 Å². The van der Waals surface area contributed by atoms with Gasteiger partial charge in [-0.25, -0.2) is 9.78 Å². The van der Waals surface area contributed by atoms with Gasteiger partial charge < -0.3 is 4.57 Å². The lowest BCUT2D eigenvalue weighted by Crippen LogP contribution is -2.38. The second-order valence-corrected chi connectivity index (χ2v) is 8.36. The highest BCUT2D eigenvalue weighted by Crippen LogP contribution is 2.24. The molecule has 1 aliphatic rings. The summed E-state index contributed by atoms with van der Waals surface area (Å²) in [5.41, 5.74) is 0.00280. The molecule has 21 heavy (non-hydrogen) atoms. The lowest BCUT2D eigenvalue weighted by Gasteiger charge is -2.21. The third-order valence-corrected chi connectivity index (χ3v) is 7.17. The number of aromatic nitrogens is 4. The monoisotopic (exact) mass is 328 g/mol. The van der Waals surface area contributed by atoms with Crippen LogP contribution in [0.15, 0.2) is 15.9 Å². The van der Waals surface area contributed by atoms with Crippen LogP contribution in [-0.4, -0.2) is 39.0 Å². The fourth-order valence-corrected chi connectivity index (χ4v) is 5.68. The Kier molecular flexibility index (Phi) is 3.78. The van der Waals surface area contributed by atoms with Crippen LogP contribution in [0.25, 0.3) is 11.2 Å². The van der Waals surface area contributed by atoms with E-state index in [1.165, 1.54) is 11.6 Å². The summed E-state index contributed by atoms with van der Waals surface area (Å²) in [5.74, 6) is 1.69. The molecule has 0 bridgehead atoms. The fraction of sp³-hybridized carbons (Fsp3) is 0.583. The van der Waals surface area contributed by atoms with Crippen molar-refractivity contribution in [1.82, 2.24) is 18.7 Å². The van der Waals surface area contributed by atoms with Gasteiger partial charge in [0.1, 0.15) is 0 Å². The maximum absolute atomic E-state index is 12.3. The number of rotatable bonds is 2. The van der Waals surface area contributed by atoms with E-state index in [0.29, 0.717) is 23.5 Å². The Bertz CT molecular complexity index is 835. The number of imidazole rings is 1. The molecule has 2 aromatic heterocycles. The van der Waals surface area contributed by atoms with Crippen LogP contribution < -0.4 is 11.2 Å². The smallest absolute Gasteiger partial charge is 0.323 e. The van der Waals surface area contributed by atoms with Gasteiger partial charge in [-0.15, -0.1) is 11.8 Å². The summed E-state index contributed by atoms with van der Waals surface area (Å²) in [4.78, 5) is 28.4. The molecule has 0 spiro atoms. The Hall–Kier alpha value is -1.35. The van der Waals surface area contributed by atoms with Gasteiger partial charge in [-0.2, -0.15) is 0 Å². The van der Waals surface area contributed by atoms with Crippen LogP contribution in [0.3, 0.4) is 0 Å². The molecule has 0 N–H and O–H groups in total. The van der Waals surface area contributed by atoms with Crippen molar-refractivity contribution in [2.75, 3.05) is 11.5 Å². The predicted octanol–water partition coefficient (Wildman–Crippen LogP) is -0.355. The van der Waals surface area contributed by atoms with E-state index < -0.39 is 16.5 Å². The molecule has 9 heteroatoms. The van der Waals surface area contributed by atoms with Crippen LogP contribution in [0.5, 0.6) is 0 Å². The van der Waals surface area contributed by atoms with E-state index >= 15 is 0 Å². The molecular weight excluding hydrogens is 312 g/mol. The number of aryl methyl sites for hydroxylation is 1. The molecule has 3 rings (SSSR count). The third kappa shape index (κ3) is 2.38. The molecule has 7 nitrogen and oxygen atoms in total. The molecule has 0 saturated carbocycles. The van der Waals surface area contributed by atoms with Gasteiger partial charge in [-0.05, 0) is 12.2 Å². The van der Waals surface area contributed by atoms with E-state index in [1.54, 1.807) is 29.7 Å². The van der Waals surface area contributed by atoms with Crippen molar-refractivity contribution < 1.29 is 4.21 Å². The number of fused-ring (bicyclic) bond motifs is 1. The van der Waals surface area contributed by atoms with Crippen LogP contribution in [0, 0.1) is 0 Å². The fourth-order valence-electron chi connectivity index (χ4n) is 2.46. The van der Waals surface area contributed by atoms with E-state index in [-0.39, 0.29) is 10.1 Å². The van der Waals surface area contributed by atoms with Crippen molar-refractivity contribution in [2.45, 2.75) is 17.5 Å².